The number of Topliss-reactive ketones (excluding diaryl/α,β-unsaturated/α-hetero) is 2. The molecule has 2 unspecified atom stereocenters. The number of aliphatic hydroxyl groups is 3. The van der Waals surface area contributed by atoms with Crippen LogP contribution < -0.4 is 0 Å². The third kappa shape index (κ3) is 2.20. The highest BCUT2D eigenvalue weighted by molar-refractivity contribution is 5.92. The van der Waals surface area contributed by atoms with Gasteiger partial charge in [0.15, 0.2) is 5.78 Å². The predicted octanol–water partition coefficient (Wildman–Crippen LogP) is 1.86. The SMILES string of the molecule is C[C@]12CCC(O)CC1CC[C@@H]1[C@@H]2C(=O)C[C@@]2(C)[C@H]1CC[C@]2(O)C(=O)CO. The van der Waals surface area contributed by atoms with Gasteiger partial charge < -0.3 is 15.3 Å². The Morgan fingerprint density at radius 3 is 2.58 bits per heavy atom. The highest BCUT2D eigenvalue weighted by atomic mass is 16.3. The van der Waals surface area contributed by atoms with Crippen molar-refractivity contribution >= 4 is 11.6 Å². The molecule has 0 amide bonds. The molecule has 4 aliphatic carbocycles. The maximum absolute atomic E-state index is 13.4. The highest BCUT2D eigenvalue weighted by Gasteiger charge is 2.68. The number of fused-ring (bicyclic) bond motifs is 5. The summed E-state index contributed by atoms with van der Waals surface area (Å²) >= 11 is 0. The second-order valence-corrected chi connectivity index (χ2v) is 10.00. The van der Waals surface area contributed by atoms with Crippen molar-refractivity contribution in [2.24, 2.45) is 34.5 Å². The van der Waals surface area contributed by atoms with Gasteiger partial charge in [-0.1, -0.05) is 13.8 Å². The first-order valence-corrected chi connectivity index (χ1v) is 10.2. The third-order valence-electron chi connectivity index (χ3n) is 9.08. The number of hydrogen-bond donors (Lipinski definition) is 3. The summed E-state index contributed by atoms with van der Waals surface area (Å²) in [6.07, 6.45) is 5.47. The van der Waals surface area contributed by atoms with Crippen LogP contribution >= 0.6 is 0 Å². The Labute approximate surface area is 155 Å². The third-order valence-corrected chi connectivity index (χ3v) is 9.08. The molecule has 4 fully saturated rings. The van der Waals surface area contributed by atoms with Crippen molar-refractivity contribution in [3.8, 4) is 0 Å². The Morgan fingerprint density at radius 2 is 1.88 bits per heavy atom. The Hall–Kier alpha value is -0.780. The molecule has 5 nitrogen and oxygen atoms in total. The van der Waals surface area contributed by atoms with Crippen LogP contribution in [0.3, 0.4) is 0 Å². The maximum atomic E-state index is 13.4. The largest absolute Gasteiger partial charge is 0.393 e. The summed E-state index contributed by atoms with van der Waals surface area (Å²) in [5.41, 5.74) is -2.40. The van der Waals surface area contributed by atoms with E-state index in [1.807, 2.05) is 6.92 Å². The van der Waals surface area contributed by atoms with Gasteiger partial charge in [-0.15, -0.1) is 0 Å². The Bertz CT molecular complexity index is 632. The first-order chi connectivity index (χ1) is 12.2. The van der Waals surface area contributed by atoms with Gasteiger partial charge in [-0.05, 0) is 68.1 Å². The molecule has 0 aliphatic heterocycles. The van der Waals surface area contributed by atoms with Crippen molar-refractivity contribution in [3.05, 3.63) is 0 Å². The molecule has 4 saturated carbocycles. The topological polar surface area (TPSA) is 94.8 Å². The van der Waals surface area contributed by atoms with E-state index in [1.54, 1.807) is 0 Å². The number of hydrogen-bond acceptors (Lipinski definition) is 5. The molecule has 3 N–H and O–H groups in total. The number of ketones is 2. The molecule has 5 heteroatoms. The molecule has 0 heterocycles. The maximum Gasteiger partial charge on any atom is 0.190 e. The van der Waals surface area contributed by atoms with Gasteiger partial charge in [0.25, 0.3) is 0 Å². The average molecular weight is 364 g/mol. The Morgan fingerprint density at radius 1 is 1.15 bits per heavy atom. The average Bonchev–Trinajstić information content (AvgIpc) is 2.86. The molecule has 0 saturated heterocycles. The van der Waals surface area contributed by atoms with E-state index < -0.39 is 23.4 Å². The molecule has 0 aromatic rings. The van der Waals surface area contributed by atoms with Crippen molar-refractivity contribution in [2.45, 2.75) is 76.9 Å². The zero-order valence-electron chi connectivity index (χ0n) is 15.9. The first-order valence-electron chi connectivity index (χ1n) is 10.2. The summed E-state index contributed by atoms with van der Waals surface area (Å²) in [4.78, 5) is 25.7. The summed E-state index contributed by atoms with van der Waals surface area (Å²) in [7, 11) is 0. The van der Waals surface area contributed by atoms with E-state index in [-0.39, 0.29) is 41.5 Å². The van der Waals surface area contributed by atoms with Crippen LogP contribution in [0.15, 0.2) is 0 Å². The van der Waals surface area contributed by atoms with E-state index in [9.17, 15) is 24.9 Å². The number of carbonyl (C=O) groups excluding carboxylic acids is 2. The zero-order valence-corrected chi connectivity index (χ0v) is 15.9. The normalized spacial score (nSPS) is 53.6. The molecule has 4 rings (SSSR count). The fraction of sp³-hybridized carbons (Fsp3) is 0.905. The number of carbonyl (C=O) groups is 2. The molecule has 0 spiro atoms. The lowest BCUT2D eigenvalue weighted by molar-refractivity contribution is -0.180. The lowest BCUT2D eigenvalue weighted by Gasteiger charge is -2.60. The number of rotatable bonds is 2. The van der Waals surface area contributed by atoms with Crippen LogP contribution in [0, 0.1) is 34.5 Å². The van der Waals surface area contributed by atoms with Crippen LogP contribution in [-0.4, -0.2) is 45.2 Å². The lowest BCUT2D eigenvalue weighted by Crippen LogP contribution is -2.62. The van der Waals surface area contributed by atoms with E-state index in [4.69, 9.17) is 0 Å². The molecule has 8 atom stereocenters. The van der Waals surface area contributed by atoms with Gasteiger partial charge in [-0.25, -0.2) is 0 Å². The fourth-order valence-corrected chi connectivity index (χ4v) is 7.64. The van der Waals surface area contributed by atoms with Gasteiger partial charge in [-0.3, -0.25) is 9.59 Å². The van der Waals surface area contributed by atoms with Crippen molar-refractivity contribution in [1.29, 1.82) is 0 Å². The minimum atomic E-state index is -1.58. The van der Waals surface area contributed by atoms with Crippen LogP contribution in [0.4, 0.5) is 0 Å². The van der Waals surface area contributed by atoms with E-state index in [0.29, 0.717) is 12.3 Å². The van der Waals surface area contributed by atoms with E-state index in [2.05, 4.69) is 6.92 Å². The smallest absolute Gasteiger partial charge is 0.190 e. The van der Waals surface area contributed by atoms with Crippen molar-refractivity contribution < 1.29 is 24.9 Å². The standard InChI is InChI=1S/C21H32O5/c1-19-7-5-13(23)9-12(19)3-4-14-15-6-8-21(26,17(25)11-22)20(15,2)10-16(24)18(14)19/h12-15,18,22-23,26H,3-11H2,1-2H3/t12?,13?,14-,15-,18+,19-,20-,21-/m0/s1. The second kappa shape index (κ2) is 5.86. The monoisotopic (exact) mass is 364 g/mol. The molecule has 0 bridgehead atoms. The van der Waals surface area contributed by atoms with Gasteiger partial charge in [0.1, 0.15) is 18.0 Å². The molecular formula is C21H32O5. The van der Waals surface area contributed by atoms with Crippen molar-refractivity contribution in [3.63, 3.8) is 0 Å². The second-order valence-electron chi connectivity index (χ2n) is 10.00. The summed E-state index contributed by atoms with van der Waals surface area (Å²) < 4.78 is 0. The summed E-state index contributed by atoms with van der Waals surface area (Å²) in [5.74, 6) is 0.380. The first kappa shape index (κ1) is 18.6. The molecule has 4 aliphatic rings. The van der Waals surface area contributed by atoms with Crippen LogP contribution in [0.2, 0.25) is 0 Å². The van der Waals surface area contributed by atoms with Gasteiger partial charge in [0.2, 0.25) is 0 Å². The van der Waals surface area contributed by atoms with Gasteiger partial charge in [0.05, 0.1) is 6.10 Å². The predicted molar refractivity (Wildman–Crippen MR) is 95.2 cm³/mol. The van der Waals surface area contributed by atoms with Crippen molar-refractivity contribution in [1.82, 2.24) is 0 Å². The fourth-order valence-electron chi connectivity index (χ4n) is 7.64. The summed E-state index contributed by atoms with van der Waals surface area (Å²) in [5, 5.41) is 30.6. The minimum Gasteiger partial charge on any atom is -0.393 e. The summed E-state index contributed by atoms with van der Waals surface area (Å²) in [6, 6.07) is 0. The molecule has 0 aromatic heterocycles. The van der Waals surface area contributed by atoms with E-state index in [1.165, 1.54) is 0 Å². The van der Waals surface area contributed by atoms with Crippen LogP contribution in [0.1, 0.15) is 65.2 Å². The van der Waals surface area contributed by atoms with Gasteiger partial charge in [0, 0.05) is 17.8 Å². The Balaban J connectivity index is 1.70. The highest BCUT2D eigenvalue weighted by Crippen LogP contribution is 2.67. The van der Waals surface area contributed by atoms with Gasteiger partial charge in [-0.2, -0.15) is 0 Å². The number of aliphatic hydroxyl groups excluding tert-OH is 2. The van der Waals surface area contributed by atoms with Gasteiger partial charge >= 0.3 is 0 Å². The van der Waals surface area contributed by atoms with E-state index >= 15 is 0 Å². The quantitative estimate of drug-likeness (QED) is 0.695. The zero-order chi connectivity index (χ0) is 18.9. The van der Waals surface area contributed by atoms with Crippen LogP contribution in [0.5, 0.6) is 0 Å². The van der Waals surface area contributed by atoms with Crippen molar-refractivity contribution in [2.75, 3.05) is 6.61 Å². The van der Waals surface area contributed by atoms with Crippen LogP contribution in [-0.2, 0) is 9.59 Å². The molecule has 146 valence electrons. The van der Waals surface area contributed by atoms with E-state index in [0.717, 1.165) is 38.5 Å². The minimum absolute atomic E-state index is 0.0154. The summed E-state index contributed by atoms with van der Waals surface area (Å²) in [6.45, 7) is 3.46. The molecule has 26 heavy (non-hydrogen) atoms. The molecular weight excluding hydrogens is 332 g/mol. The van der Waals surface area contributed by atoms with Crippen LogP contribution in [0.25, 0.3) is 0 Å². The lowest BCUT2D eigenvalue weighted by atomic mass is 9.44. The molecule has 0 aromatic carbocycles. The molecule has 0 radical (unpaired) electrons. The Kier molecular flexibility index (Phi) is 4.18.